The monoisotopic (exact) mass is 307 g/mol. The SMILES string of the molecule is CCOc1nccnc1N1CCC(NC(=O)CNC(C)=O)C1. The highest BCUT2D eigenvalue weighted by Gasteiger charge is 2.27. The third-order valence-electron chi connectivity index (χ3n) is 3.28. The van der Waals surface area contributed by atoms with Crippen molar-refractivity contribution in [3.63, 3.8) is 0 Å². The molecule has 22 heavy (non-hydrogen) atoms. The summed E-state index contributed by atoms with van der Waals surface area (Å²) in [6, 6.07) is 0.0257. The zero-order chi connectivity index (χ0) is 15.9. The minimum Gasteiger partial charge on any atom is -0.475 e. The van der Waals surface area contributed by atoms with Crippen molar-refractivity contribution in [1.29, 1.82) is 0 Å². The average Bonchev–Trinajstić information content (AvgIpc) is 2.94. The molecule has 0 spiro atoms. The maximum absolute atomic E-state index is 11.7. The number of carbonyl (C=O) groups excluding carboxylic acids is 2. The summed E-state index contributed by atoms with van der Waals surface area (Å²) in [6.07, 6.45) is 4.03. The average molecular weight is 307 g/mol. The predicted octanol–water partition coefficient (Wildman–Crippen LogP) is -0.294. The molecule has 0 aliphatic carbocycles. The molecule has 1 unspecified atom stereocenters. The Morgan fingerprint density at radius 1 is 1.41 bits per heavy atom. The third kappa shape index (κ3) is 4.31. The fourth-order valence-corrected chi connectivity index (χ4v) is 2.33. The second-order valence-electron chi connectivity index (χ2n) is 5.03. The summed E-state index contributed by atoms with van der Waals surface area (Å²) in [4.78, 5) is 33.1. The molecule has 1 fully saturated rings. The lowest BCUT2D eigenvalue weighted by Gasteiger charge is -2.19. The number of nitrogens with one attached hydrogen (secondary N) is 2. The summed E-state index contributed by atoms with van der Waals surface area (Å²) in [6.45, 7) is 5.22. The molecule has 8 heteroatoms. The molecule has 0 aromatic carbocycles. The van der Waals surface area contributed by atoms with Crippen LogP contribution in [0.4, 0.5) is 5.82 Å². The zero-order valence-corrected chi connectivity index (χ0v) is 12.8. The molecule has 1 aromatic rings. The van der Waals surface area contributed by atoms with Gasteiger partial charge in [-0.2, -0.15) is 0 Å². The number of carbonyl (C=O) groups is 2. The molecule has 2 rings (SSSR count). The van der Waals surface area contributed by atoms with Crippen LogP contribution < -0.4 is 20.3 Å². The summed E-state index contributed by atoms with van der Waals surface area (Å²) in [5.41, 5.74) is 0. The van der Waals surface area contributed by atoms with Crippen LogP contribution in [0.3, 0.4) is 0 Å². The second kappa shape index (κ2) is 7.58. The van der Waals surface area contributed by atoms with Crippen LogP contribution >= 0.6 is 0 Å². The van der Waals surface area contributed by atoms with Crippen LogP contribution in [-0.2, 0) is 9.59 Å². The molecule has 8 nitrogen and oxygen atoms in total. The number of hydrogen-bond donors (Lipinski definition) is 2. The summed E-state index contributed by atoms with van der Waals surface area (Å²) in [7, 11) is 0. The van der Waals surface area contributed by atoms with E-state index in [4.69, 9.17) is 4.74 Å². The molecule has 1 atom stereocenters. The molecule has 0 bridgehead atoms. The number of aromatic nitrogens is 2. The maximum Gasteiger partial charge on any atom is 0.257 e. The summed E-state index contributed by atoms with van der Waals surface area (Å²) >= 11 is 0. The van der Waals surface area contributed by atoms with Gasteiger partial charge >= 0.3 is 0 Å². The van der Waals surface area contributed by atoms with Crippen molar-refractivity contribution in [2.75, 3.05) is 31.1 Å². The lowest BCUT2D eigenvalue weighted by atomic mass is 10.2. The van der Waals surface area contributed by atoms with Crippen molar-refractivity contribution >= 4 is 17.6 Å². The van der Waals surface area contributed by atoms with Gasteiger partial charge in [-0.25, -0.2) is 9.97 Å². The van der Waals surface area contributed by atoms with Gasteiger partial charge in [0.05, 0.1) is 13.2 Å². The highest BCUT2D eigenvalue weighted by molar-refractivity contribution is 5.83. The number of nitrogens with zero attached hydrogens (tertiary/aromatic N) is 3. The Morgan fingerprint density at radius 2 is 2.18 bits per heavy atom. The lowest BCUT2D eigenvalue weighted by Crippen LogP contribution is -2.42. The van der Waals surface area contributed by atoms with Crippen LogP contribution in [0.5, 0.6) is 5.88 Å². The van der Waals surface area contributed by atoms with Crippen LogP contribution in [0.25, 0.3) is 0 Å². The Labute approximate surface area is 129 Å². The smallest absolute Gasteiger partial charge is 0.257 e. The van der Waals surface area contributed by atoms with E-state index in [2.05, 4.69) is 20.6 Å². The third-order valence-corrected chi connectivity index (χ3v) is 3.28. The molecular formula is C14H21N5O3. The van der Waals surface area contributed by atoms with E-state index in [0.717, 1.165) is 13.0 Å². The quantitative estimate of drug-likeness (QED) is 0.749. The Hall–Kier alpha value is -2.38. The lowest BCUT2D eigenvalue weighted by molar-refractivity contribution is -0.125. The Kier molecular flexibility index (Phi) is 5.51. The van der Waals surface area contributed by atoms with Crippen molar-refractivity contribution in [3.8, 4) is 5.88 Å². The van der Waals surface area contributed by atoms with Gasteiger partial charge in [-0.05, 0) is 13.3 Å². The fourth-order valence-electron chi connectivity index (χ4n) is 2.33. The molecule has 1 aromatic heterocycles. The van der Waals surface area contributed by atoms with Crippen LogP contribution in [0.1, 0.15) is 20.3 Å². The van der Waals surface area contributed by atoms with Crippen LogP contribution in [0.15, 0.2) is 12.4 Å². The first-order chi connectivity index (χ1) is 10.6. The van der Waals surface area contributed by atoms with E-state index in [0.29, 0.717) is 24.8 Å². The molecule has 1 aliphatic rings. The van der Waals surface area contributed by atoms with Crippen LogP contribution in [0.2, 0.25) is 0 Å². The molecule has 0 saturated carbocycles. The van der Waals surface area contributed by atoms with Gasteiger partial charge in [0, 0.05) is 38.4 Å². The Bertz CT molecular complexity index is 537. The first kappa shape index (κ1) is 16.0. The molecule has 120 valence electrons. The van der Waals surface area contributed by atoms with Crippen molar-refractivity contribution < 1.29 is 14.3 Å². The number of amides is 2. The van der Waals surface area contributed by atoms with E-state index >= 15 is 0 Å². The van der Waals surface area contributed by atoms with Crippen LogP contribution in [0, 0.1) is 0 Å². The number of hydrogen-bond acceptors (Lipinski definition) is 6. The van der Waals surface area contributed by atoms with E-state index in [1.165, 1.54) is 6.92 Å². The largest absolute Gasteiger partial charge is 0.475 e. The van der Waals surface area contributed by atoms with Gasteiger partial charge in [-0.3, -0.25) is 9.59 Å². The maximum atomic E-state index is 11.7. The molecule has 2 amide bonds. The number of anilines is 1. The molecule has 2 heterocycles. The van der Waals surface area contributed by atoms with Gasteiger partial charge in [-0.15, -0.1) is 0 Å². The van der Waals surface area contributed by atoms with Gasteiger partial charge in [0.25, 0.3) is 5.88 Å². The van der Waals surface area contributed by atoms with E-state index in [9.17, 15) is 9.59 Å². The standard InChI is InChI=1S/C14H21N5O3/c1-3-22-14-13(15-5-6-16-14)19-7-4-11(9-19)18-12(21)8-17-10(2)20/h5-6,11H,3-4,7-9H2,1-2H3,(H,17,20)(H,18,21). The van der Waals surface area contributed by atoms with E-state index in [1.807, 2.05) is 11.8 Å². The molecule has 2 N–H and O–H groups in total. The highest BCUT2D eigenvalue weighted by atomic mass is 16.5. The molecular weight excluding hydrogens is 286 g/mol. The first-order valence-corrected chi connectivity index (χ1v) is 7.32. The van der Waals surface area contributed by atoms with Crippen molar-refractivity contribution in [2.45, 2.75) is 26.3 Å². The minimum atomic E-state index is -0.218. The molecule has 1 saturated heterocycles. The summed E-state index contributed by atoms with van der Waals surface area (Å²) in [5.74, 6) is 0.800. The summed E-state index contributed by atoms with van der Waals surface area (Å²) in [5, 5.41) is 5.38. The van der Waals surface area contributed by atoms with Gasteiger partial charge in [0.2, 0.25) is 11.8 Å². The van der Waals surface area contributed by atoms with Gasteiger partial charge in [0.1, 0.15) is 0 Å². The normalized spacial score (nSPS) is 17.2. The predicted molar refractivity (Wildman–Crippen MR) is 80.6 cm³/mol. The van der Waals surface area contributed by atoms with E-state index in [-0.39, 0.29) is 24.4 Å². The van der Waals surface area contributed by atoms with Crippen molar-refractivity contribution in [3.05, 3.63) is 12.4 Å². The van der Waals surface area contributed by atoms with E-state index < -0.39 is 0 Å². The first-order valence-electron chi connectivity index (χ1n) is 7.32. The number of rotatable bonds is 6. The second-order valence-corrected chi connectivity index (χ2v) is 5.03. The highest BCUT2D eigenvalue weighted by Crippen LogP contribution is 2.26. The fraction of sp³-hybridized carbons (Fsp3) is 0.571. The Morgan fingerprint density at radius 3 is 2.91 bits per heavy atom. The minimum absolute atomic E-state index is 0.00116. The van der Waals surface area contributed by atoms with E-state index in [1.54, 1.807) is 12.4 Å². The molecule has 0 radical (unpaired) electrons. The van der Waals surface area contributed by atoms with Crippen LogP contribution in [-0.4, -0.2) is 54.1 Å². The summed E-state index contributed by atoms with van der Waals surface area (Å²) < 4.78 is 5.48. The van der Waals surface area contributed by atoms with Gasteiger partial charge in [0.15, 0.2) is 5.82 Å². The van der Waals surface area contributed by atoms with Crippen molar-refractivity contribution in [2.24, 2.45) is 0 Å². The topological polar surface area (TPSA) is 96.5 Å². The zero-order valence-electron chi connectivity index (χ0n) is 12.8. The number of ether oxygens (including phenoxy) is 1. The van der Waals surface area contributed by atoms with Gasteiger partial charge < -0.3 is 20.3 Å². The van der Waals surface area contributed by atoms with Gasteiger partial charge in [-0.1, -0.05) is 0 Å². The Balaban J connectivity index is 1.90. The molecule has 1 aliphatic heterocycles. The van der Waals surface area contributed by atoms with Crippen molar-refractivity contribution in [1.82, 2.24) is 20.6 Å².